The van der Waals surface area contributed by atoms with E-state index in [1.54, 1.807) is 0 Å². The highest BCUT2D eigenvalue weighted by Gasteiger charge is 2.45. The molecule has 0 bridgehead atoms. The van der Waals surface area contributed by atoms with Gasteiger partial charge in [0.2, 0.25) is 11.2 Å². The molecule has 0 aromatic carbocycles. The molecule has 4 atom stereocenters. The lowest BCUT2D eigenvalue weighted by Crippen LogP contribution is -2.30. The summed E-state index contributed by atoms with van der Waals surface area (Å²) in [6, 6.07) is 0. The highest BCUT2D eigenvalue weighted by atomic mass is 35.5. The summed E-state index contributed by atoms with van der Waals surface area (Å²) < 4.78 is 25.8. The monoisotopic (exact) mass is 318 g/mol. The number of hydrogen-bond acceptors (Lipinski definition) is 7. The lowest BCUT2D eigenvalue weighted by Gasteiger charge is -2.15. The van der Waals surface area contributed by atoms with E-state index in [-0.39, 0.29) is 16.8 Å². The number of halogens is 2. The van der Waals surface area contributed by atoms with E-state index in [0.717, 1.165) is 0 Å². The molecule has 10 heteroatoms. The average Bonchev–Trinajstić information content (AvgIpc) is 3.01. The Hall–Kier alpha value is -1.55. The Balaban J connectivity index is 2.07. The predicted molar refractivity (Wildman–Crippen MR) is 68.8 cm³/mol. The second-order valence-corrected chi connectivity index (χ2v) is 4.85. The largest absolute Gasteiger partial charge is 0.479 e. The quantitative estimate of drug-likeness (QED) is 0.772. The van der Waals surface area contributed by atoms with Crippen LogP contribution in [-0.2, 0) is 4.74 Å². The standard InChI is InChI=1S/C11H12ClFN4O4/c1-20-9-6-8(15-11(12)16-9)17(3-14-6)10-5(13)7(19)4(2-18)21-10/h3-5,7,10,18-19H,2H2,1H3/t4-,5?,7?,10-/m1/s1. The maximum Gasteiger partial charge on any atom is 0.246 e. The number of aliphatic hydroxyl groups excluding tert-OH is 2. The zero-order valence-corrected chi connectivity index (χ0v) is 11.6. The number of imidazole rings is 1. The SMILES string of the molecule is COc1nc(Cl)nc2c1ncn2[C@@H]1O[C@H](CO)C(O)C1F. The molecule has 21 heavy (non-hydrogen) atoms. The number of rotatable bonds is 3. The molecule has 1 aliphatic rings. The molecule has 1 saturated heterocycles. The van der Waals surface area contributed by atoms with Crippen molar-refractivity contribution in [3.63, 3.8) is 0 Å². The van der Waals surface area contributed by atoms with Crippen LogP contribution in [0.3, 0.4) is 0 Å². The molecular formula is C11H12ClFN4O4. The Labute approximate surface area is 123 Å². The minimum absolute atomic E-state index is 0.0891. The number of methoxy groups -OCH3 is 1. The summed E-state index contributed by atoms with van der Waals surface area (Å²) in [5.41, 5.74) is 0.505. The molecule has 0 amide bonds. The van der Waals surface area contributed by atoms with Crippen molar-refractivity contribution in [2.24, 2.45) is 0 Å². The number of aromatic nitrogens is 4. The summed E-state index contributed by atoms with van der Waals surface area (Å²) in [7, 11) is 1.40. The van der Waals surface area contributed by atoms with E-state index in [0.29, 0.717) is 5.52 Å². The molecule has 0 saturated carbocycles. The second kappa shape index (κ2) is 5.34. The number of hydrogen-bond donors (Lipinski definition) is 2. The molecule has 2 unspecified atom stereocenters. The van der Waals surface area contributed by atoms with E-state index in [2.05, 4.69) is 15.0 Å². The first-order valence-electron chi connectivity index (χ1n) is 6.09. The summed E-state index contributed by atoms with van der Waals surface area (Å²) >= 11 is 5.79. The molecule has 0 spiro atoms. The molecule has 0 aliphatic carbocycles. The van der Waals surface area contributed by atoms with Crippen molar-refractivity contribution < 1.29 is 24.1 Å². The number of alkyl halides is 1. The van der Waals surface area contributed by atoms with Crippen molar-refractivity contribution in [2.45, 2.75) is 24.6 Å². The summed E-state index contributed by atoms with van der Waals surface area (Å²) in [5, 5.41) is 18.7. The van der Waals surface area contributed by atoms with Crippen molar-refractivity contribution in [1.82, 2.24) is 19.5 Å². The van der Waals surface area contributed by atoms with Gasteiger partial charge in [-0.05, 0) is 11.6 Å². The highest BCUT2D eigenvalue weighted by molar-refractivity contribution is 6.28. The number of aliphatic hydroxyl groups is 2. The van der Waals surface area contributed by atoms with E-state index in [1.165, 1.54) is 18.0 Å². The van der Waals surface area contributed by atoms with Gasteiger partial charge in [0, 0.05) is 0 Å². The van der Waals surface area contributed by atoms with Crippen LogP contribution in [0.4, 0.5) is 4.39 Å². The Kier molecular flexibility index (Phi) is 3.66. The lowest BCUT2D eigenvalue weighted by atomic mass is 10.1. The number of nitrogens with zero attached hydrogens (tertiary/aromatic N) is 4. The van der Waals surface area contributed by atoms with Gasteiger partial charge in [-0.15, -0.1) is 0 Å². The minimum atomic E-state index is -1.74. The zero-order valence-electron chi connectivity index (χ0n) is 10.8. The van der Waals surface area contributed by atoms with Crippen molar-refractivity contribution in [3.8, 4) is 5.88 Å². The van der Waals surface area contributed by atoms with E-state index in [4.69, 9.17) is 26.2 Å². The van der Waals surface area contributed by atoms with Gasteiger partial charge in [-0.25, -0.2) is 9.37 Å². The van der Waals surface area contributed by atoms with E-state index >= 15 is 0 Å². The van der Waals surface area contributed by atoms with Crippen molar-refractivity contribution in [2.75, 3.05) is 13.7 Å². The van der Waals surface area contributed by atoms with E-state index in [1.807, 2.05) is 0 Å². The lowest BCUT2D eigenvalue weighted by molar-refractivity contribution is -0.0459. The average molecular weight is 319 g/mol. The maximum absolute atomic E-state index is 14.2. The molecule has 0 radical (unpaired) electrons. The van der Waals surface area contributed by atoms with Crippen LogP contribution >= 0.6 is 11.6 Å². The van der Waals surface area contributed by atoms with Gasteiger partial charge in [0.1, 0.15) is 12.2 Å². The van der Waals surface area contributed by atoms with Crippen LogP contribution in [0.2, 0.25) is 5.28 Å². The highest BCUT2D eigenvalue weighted by Crippen LogP contribution is 2.34. The van der Waals surface area contributed by atoms with Gasteiger partial charge in [0.05, 0.1) is 20.0 Å². The molecule has 8 nitrogen and oxygen atoms in total. The molecule has 3 heterocycles. The molecule has 1 aliphatic heterocycles. The van der Waals surface area contributed by atoms with Crippen LogP contribution in [0.15, 0.2) is 6.33 Å². The fourth-order valence-electron chi connectivity index (χ4n) is 2.27. The first-order chi connectivity index (χ1) is 10.1. The molecule has 2 aromatic rings. The summed E-state index contributed by atoms with van der Waals surface area (Å²) in [4.78, 5) is 11.9. The van der Waals surface area contributed by atoms with Crippen LogP contribution < -0.4 is 4.74 Å². The first kappa shape index (κ1) is 14.4. The third kappa shape index (κ3) is 2.22. The number of ether oxygens (including phenoxy) is 2. The van der Waals surface area contributed by atoms with Crippen molar-refractivity contribution in [3.05, 3.63) is 11.6 Å². The van der Waals surface area contributed by atoms with E-state index < -0.39 is 31.2 Å². The Morgan fingerprint density at radius 2 is 2.29 bits per heavy atom. The van der Waals surface area contributed by atoms with Gasteiger partial charge < -0.3 is 19.7 Å². The Morgan fingerprint density at radius 1 is 1.52 bits per heavy atom. The number of fused-ring (bicyclic) bond motifs is 1. The van der Waals surface area contributed by atoms with E-state index in [9.17, 15) is 9.50 Å². The molecule has 1 fully saturated rings. The summed E-state index contributed by atoms with van der Waals surface area (Å²) in [5.74, 6) is 0.149. The summed E-state index contributed by atoms with van der Waals surface area (Å²) in [6.07, 6.45) is -4.06. The van der Waals surface area contributed by atoms with Gasteiger partial charge in [-0.1, -0.05) is 0 Å². The Morgan fingerprint density at radius 3 is 2.90 bits per heavy atom. The van der Waals surface area contributed by atoms with Crippen LogP contribution in [0.1, 0.15) is 6.23 Å². The van der Waals surface area contributed by atoms with Gasteiger partial charge in [0.25, 0.3) is 0 Å². The molecule has 2 N–H and O–H groups in total. The normalized spacial score (nSPS) is 29.2. The van der Waals surface area contributed by atoms with Crippen molar-refractivity contribution in [1.29, 1.82) is 0 Å². The topological polar surface area (TPSA) is 103 Å². The second-order valence-electron chi connectivity index (χ2n) is 4.51. The van der Waals surface area contributed by atoms with Gasteiger partial charge in [0.15, 0.2) is 23.6 Å². The van der Waals surface area contributed by atoms with Crippen LogP contribution in [0.5, 0.6) is 5.88 Å². The minimum Gasteiger partial charge on any atom is -0.479 e. The molecule has 2 aromatic heterocycles. The van der Waals surface area contributed by atoms with Crippen molar-refractivity contribution >= 4 is 22.8 Å². The third-order valence-electron chi connectivity index (χ3n) is 3.30. The van der Waals surface area contributed by atoms with Crippen LogP contribution in [0.25, 0.3) is 11.2 Å². The molecule has 114 valence electrons. The molecule has 3 rings (SSSR count). The van der Waals surface area contributed by atoms with Gasteiger partial charge in [-0.2, -0.15) is 9.97 Å². The van der Waals surface area contributed by atoms with Gasteiger partial charge in [-0.3, -0.25) is 4.57 Å². The smallest absolute Gasteiger partial charge is 0.246 e. The maximum atomic E-state index is 14.2. The van der Waals surface area contributed by atoms with Crippen LogP contribution in [0, 0.1) is 0 Å². The first-order valence-corrected chi connectivity index (χ1v) is 6.47. The van der Waals surface area contributed by atoms with Gasteiger partial charge >= 0.3 is 0 Å². The zero-order chi connectivity index (χ0) is 15.1. The van der Waals surface area contributed by atoms with Crippen LogP contribution in [-0.4, -0.2) is 61.8 Å². The Bertz CT molecular complexity index is 669. The predicted octanol–water partition coefficient (Wildman–Crippen LogP) is 0.0770. The molecular weight excluding hydrogens is 307 g/mol. The third-order valence-corrected chi connectivity index (χ3v) is 3.47. The fourth-order valence-corrected chi connectivity index (χ4v) is 2.43. The fraction of sp³-hybridized carbons (Fsp3) is 0.545. The summed E-state index contributed by atoms with van der Waals surface area (Å²) in [6.45, 7) is -0.496.